The fourth-order valence-electron chi connectivity index (χ4n) is 1.39. The number of nitrogens with two attached hydrogens (primary N) is 1. The van der Waals surface area contributed by atoms with Crippen LogP contribution in [0.5, 0.6) is 0 Å². The molecule has 0 saturated carbocycles. The molecule has 0 bridgehead atoms. The van der Waals surface area contributed by atoms with Gasteiger partial charge in [0.2, 0.25) is 10.0 Å². The zero-order chi connectivity index (χ0) is 14.8. The minimum Gasteiger partial charge on any atom is -0.326 e. The Morgan fingerprint density at radius 2 is 1.89 bits per heavy atom. The summed E-state index contributed by atoms with van der Waals surface area (Å²) < 4.78 is 73.5. The first-order valence-corrected chi connectivity index (χ1v) is 6.53. The zero-order valence-corrected chi connectivity index (χ0v) is 10.7. The second-order valence-electron chi connectivity index (χ2n) is 3.83. The van der Waals surface area contributed by atoms with Crippen molar-refractivity contribution in [1.29, 1.82) is 0 Å². The molecule has 19 heavy (non-hydrogen) atoms. The van der Waals surface area contributed by atoms with E-state index in [-0.39, 0.29) is 16.4 Å². The lowest BCUT2D eigenvalue weighted by Gasteiger charge is -2.19. The molecule has 108 valence electrons. The smallest absolute Gasteiger partial charge is 0.326 e. The number of benzene rings is 1. The monoisotopic (exact) mass is 300 g/mol. The molecule has 0 unspecified atom stereocenters. The topological polar surface area (TPSA) is 63.4 Å². The summed E-state index contributed by atoms with van der Waals surface area (Å²) in [6.07, 6.45) is -4.65. The maximum Gasteiger partial charge on any atom is 0.402 e. The van der Waals surface area contributed by atoms with Crippen LogP contribution in [0.15, 0.2) is 23.1 Å². The van der Waals surface area contributed by atoms with Crippen molar-refractivity contribution in [2.45, 2.75) is 17.6 Å². The van der Waals surface area contributed by atoms with E-state index in [2.05, 4.69) is 0 Å². The number of sulfonamides is 1. The molecule has 0 aliphatic carbocycles. The largest absolute Gasteiger partial charge is 0.402 e. The minimum absolute atomic E-state index is 0.0820. The fraction of sp³-hybridized carbons (Fsp3) is 0.400. The summed E-state index contributed by atoms with van der Waals surface area (Å²) in [5.41, 5.74) is 5.13. The van der Waals surface area contributed by atoms with Gasteiger partial charge in [0.1, 0.15) is 12.4 Å². The standard InChI is InChI=1S/C10H12F4N2O2S/c1-16(6-10(12,13)14)19(17,18)8-2-3-9(11)7(4-8)5-15/h2-4H,5-6,15H2,1H3. The maximum atomic E-state index is 13.2. The van der Waals surface area contributed by atoms with Crippen molar-refractivity contribution < 1.29 is 26.0 Å². The minimum atomic E-state index is -4.65. The first-order valence-electron chi connectivity index (χ1n) is 5.09. The third kappa shape index (κ3) is 3.88. The number of hydrogen-bond donors (Lipinski definition) is 1. The number of hydrogen-bond acceptors (Lipinski definition) is 3. The van der Waals surface area contributed by atoms with Crippen molar-refractivity contribution in [1.82, 2.24) is 4.31 Å². The first-order chi connectivity index (χ1) is 8.58. The van der Waals surface area contributed by atoms with Crippen LogP contribution < -0.4 is 5.73 Å². The average molecular weight is 300 g/mol. The van der Waals surface area contributed by atoms with E-state index in [9.17, 15) is 26.0 Å². The Hall–Kier alpha value is -1.19. The Kier molecular flexibility index (Phi) is 4.54. The Morgan fingerprint density at radius 1 is 1.32 bits per heavy atom. The molecule has 0 atom stereocenters. The third-order valence-electron chi connectivity index (χ3n) is 2.35. The molecule has 0 saturated heterocycles. The molecule has 1 rings (SSSR count). The third-order valence-corrected chi connectivity index (χ3v) is 4.15. The Morgan fingerprint density at radius 3 is 2.37 bits per heavy atom. The molecule has 1 aromatic carbocycles. The predicted octanol–water partition coefficient (Wildman–Crippen LogP) is 1.47. The van der Waals surface area contributed by atoms with Crippen LogP contribution in [-0.4, -0.2) is 32.5 Å². The molecule has 0 aromatic heterocycles. The van der Waals surface area contributed by atoms with E-state index in [1.165, 1.54) is 0 Å². The van der Waals surface area contributed by atoms with Crippen LogP contribution in [-0.2, 0) is 16.6 Å². The Labute approximate surface area is 107 Å². The normalized spacial score (nSPS) is 13.0. The molecule has 4 nitrogen and oxygen atoms in total. The van der Waals surface area contributed by atoms with Gasteiger partial charge in [-0.2, -0.15) is 17.5 Å². The number of halogens is 4. The summed E-state index contributed by atoms with van der Waals surface area (Å²) in [6, 6.07) is 2.69. The molecular weight excluding hydrogens is 288 g/mol. The molecule has 0 aliphatic rings. The van der Waals surface area contributed by atoms with Gasteiger partial charge >= 0.3 is 6.18 Å². The van der Waals surface area contributed by atoms with Gasteiger partial charge in [-0.25, -0.2) is 12.8 Å². The van der Waals surface area contributed by atoms with Gasteiger partial charge in [0.05, 0.1) is 4.90 Å². The number of rotatable bonds is 4. The highest BCUT2D eigenvalue weighted by Crippen LogP contribution is 2.22. The first kappa shape index (κ1) is 15.9. The molecule has 9 heteroatoms. The van der Waals surface area contributed by atoms with E-state index < -0.39 is 33.5 Å². The van der Waals surface area contributed by atoms with E-state index in [0.29, 0.717) is 0 Å². The zero-order valence-electron chi connectivity index (χ0n) is 9.91. The molecule has 0 radical (unpaired) electrons. The lowest BCUT2D eigenvalue weighted by Crippen LogP contribution is -2.35. The Bertz CT molecular complexity index is 557. The summed E-state index contributed by atoms with van der Waals surface area (Å²) in [4.78, 5) is -0.430. The van der Waals surface area contributed by atoms with Gasteiger partial charge in [-0.15, -0.1) is 0 Å². The van der Waals surface area contributed by atoms with E-state index in [0.717, 1.165) is 25.2 Å². The van der Waals surface area contributed by atoms with Gasteiger partial charge in [-0.3, -0.25) is 0 Å². The van der Waals surface area contributed by atoms with Crippen LogP contribution in [0.3, 0.4) is 0 Å². The molecule has 0 amide bonds. The quantitative estimate of drug-likeness (QED) is 0.856. The summed E-state index contributed by atoms with van der Waals surface area (Å²) in [5.74, 6) is -0.708. The van der Waals surface area contributed by atoms with Gasteiger partial charge in [0.25, 0.3) is 0 Å². The lowest BCUT2D eigenvalue weighted by atomic mass is 10.2. The SMILES string of the molecule is CN(CC(F)(F)F)S(=O)(=O)c1ccc(F)c(CN)c1. The molecule has 1 aromatic rings. The van der Waals surface area contributed by atoms with Crippen LogP contribution in [0.25, 0.3) is 0 Å². The van der Waals surface area contributed by atoms with E-state index in [1.54, 1.807) is 0 Å². The van der Waals surface area contributed by atoms with Gasteiger partial charge in [0, 0.05) is 19.2 Å². The molecular formula is C10H12F4N2O2S. The summed E-state index contributed by atoms with van der Waals surface area (Å²) in [5, 5.41) is 0. The van der Waals surface area contributed by atoms with E-state index in [4.69, 9.17) is 5.73 Å². The second kappa shape index (κ2) is 5.43. The van der Waals surface area contributed by atoms with Crippen molar-refractivity contribution in [2.75, 3.05) is 13.6 Å². The molecule has 0 spiro atoms. The summed E-state index contributed by atoms with van der Waals surface area (Å²) in [7, 11) is -3.53. The second-order valence-corrected chi connectivity index (χ2v) is 5.88. The molecule has 0 aliphatic heterocycles. The van der Waals surface area contributed by atoms with Crippen LogP contribution in [0.2, 0.25) is 0 Å². The Balaban J connectivity index is 3.13. The van der Waals surface area contributed by atoms with Crippen molar-refractivity contribution in [3.63, 3.8) is 0 Å². The maximum absolute atomic E-state index is 13.2. The molecule has 2 N–H and O–H groups in total. The van der Waals surface area contributed by atoms with E-state index in [1.807, 2.05) is 0 Å². The van der Waals surface area contributed by atoms with Crippen LogP contribution in [0, 0.1) is 5.82 Å². The summed E-state index contributed by atoms with van der Waals surface area (Å²) >= 11 is 0. The average Bonchev–Trinajstić information content (AvgIpc) is 2.27. The van der Waals surface area contributed by atoms with Gasteiger partial charge in [-0.1, -0.05) is 0 Å². The van der Waals surface area contributed by atoms with Gasteiger partial charge < -0.3 is 5.73 Å². The number of nitrogens with zero attached hydrogens (tertiary/aromatic N) is 1. The van der Waals surface area contributed by atoms with Crippen LogP contribution in [0.1, 0.15) is 5.56 Å². The molecule has 0 heterocycles. The molecule has 0 fully saturated rings. The lowest BCUT2D eigenvalue weighted by molar-refractivity contribution is -0.134. The predicted molar refractivity (Wildman–Crippen MR) is 60.2 cm³/mol. The van der Waals surface area contributed by atoms with Crippen LogP contribution >= 0.6 is 0 Å². The van der Waals surface area contributed by atoms with E-state index >= 15 is 0 Å². The highest BCUT2D eigenvalue weighted by Gasteiger charge is 2.34. The van der Waals surface area contributed by atoms with Crippen LogP contribution in [0.4, 0.5) is 17.6 Å². The van der Waals surface area contributed by atoms with Crippen molar-refractivity contribution in [2.24, 2.45) is 5.73 Å². The fourth-order valence-corrected chi connectivity index (χ4v) is 2.59. The van der Waals surface area contributed by atoms with Gasteiger partial charge in [-0.05, 0) is 18.2 Å². The number of alkyl halides is 3. The highest BCUT2D eigenvalue weighted by molar-refractivity contribution is 7.89. The summed E-state index contributed by atoms with van der Waals surface area (Å²) in [6.45, 7) is -1.87. The highest BCUT2D eigenvalue weighted by atomic mass is 32.2. The van der Waals surface area contributed by atoms with Gasteiger partial charge in [0.15, 0.2) is 0 Å². The van der Waals surface area contributed by atoms with Crippen molar-refractivity contribution in [3.8, 4) is 0 Å². The van der Waals surface area contributed by atoms with Crippen molar-refractivity contribution in [3.05, 3.63) is 29.6 Å². The van der Waals surface area contributed by atoms with Crippen molar-refractivity contribution >= 4 is 10.0 Å².